The monoisotopic (exact) mass is 331 g/mol. The van der Waals surface area contributed by atoms with E-state index in [9.17, 15) is 9.59 Å². The van der Waals surface area contributed by atoms with Crippen molar-refractivity contribution in [1.29, 1.82) is 0 Å². The van der Waals surface area contributed by atoms with Gasteiger partial charge in [0.15, 0.2) is 0 Å². The smallest absolute Gasteiger partial charge is 0.254 e. The first-order valence-electron chi connectivity index (χ1n) is 8.66. The molecule has 3 rings (SSSR count). The average molecular weight is 331 g/mol. The van der Waals surface area contributed by atoms with Gasteiger partial charge in [-0.2, -0.15) is 0 Å². The molecule has 1 aromatic rings. The minimum Gasteiger partial charge on any atom is -0.378 e. The fourth-order valence-electron chi connectivity index (χ4n) is 3.45. The Morgan fingerprint density at radius 3 is 2.75 bits per heavy atom. The van der Waals surface area contributed by atoms with Crippen LogP contribution in [0.5, 0.6) is 0 Å². The van der Waals surface area contributed by atoms with Gasteiger partial charge in [-0.15, -0.1) is 0 Å². The van der Waals surface area contributed by atoms with E-state index in [0.29, 0.717) is 44.0 Å². The predicted molar refractivity (Wildman–Crippen MR) is 91.7 cm³/mol. The lowest BCUT2D eigenvalue weighted by atomic mass is 10.00. The number of hydrogen-bond acceptors (Lipinski definition) is 4. The van der Waals surface area contributed by atoms with Crippen molar-refractivity contribution in [3.8, 4) is 0 Å². The zero-order chi connectivity index (χ0) is 16.9. The maximum atomic E-state index is 12.5. The molecule has 1 heterocycles. The molecule has 0 bridgehead atoms. The number of hydrogen-bond donors (Lipinski definition) is 2. The van der Waals surface area contributed by atoms with Crippen LogP contribution in [0.25, 0.3) is 0 Å². The van der Waals surface area contributed by atoms with Crippen LogP contribution >= 0.6 is 0 Å². The molecule has 130 valence electrons. The Balaban J connectivity index is 1.60. The van der Waals surface area contributed by atoms with Crippen molar-refractivity contribution in [2.45, 2.75) is 31.7 Å². The first-order chi connectivity index (χ1) is 11.6. The van der Waals surface area contributed by atoms with Crippen molar-refractivity contribution in [1.82, 2.24) is 4.90 Å². The van der Waals surface area contributed by atoms with Gasteiger partial charge in [-0.05, 0) is 37.0 Å². The summed E-state index contributed by atoms with van der Waals surface area (Å²) in [5.41, 5.74) is 7.27. The fourth-order valence-corrected chi connectivity index (χ4v) is 3.45. The highest BCUT2D eigenvalue weighted by atomic mass is 16.5. The van der Waals surface area contributed by atoms with Crippen LogP contribution in [0.3, 0.4) is 0 Å². The van der Waals surface area contributed by atoms with Crippen LogP contribution in [0.4, 0.5) is 5.69 Å². The van der Waals surface area contributed by atoms with E-state index in [-0.39, 0.29) is 23.8 Å². The van der Waals surface area contributed by atoms with Gasteiger partial charge < -0.3 is 20.7 Å². The topological polar surface area (TPSA) is 84.7 Å². The van der Waals surface area contributed by atoms with Gasteiger partial charge in [0.05, 0.1) is 13.2 Å². The summed E-state index contributed by atoms with van der Waals surface area (Å²) in [6.45, 7) is 2.36. The third kappa shape index (κ3) is 4.13. The van der Waals surface area contributed by atoms with Crippen LogP contribution in [0, 0.1) is 5.92 Å². The van der Waals surface area contributed by atoms with Crippen LogP contribution in [0.15, 0.2) is 24.3 Å². The molecular weight excluding hydrogens is 306 g/mol. The lowest BCUT2D eigenvalue weighted by Gasteiger charge is -2.27. The van der Waals surface area contributed by atoms with Crippen LogP contribution in [-0.4, -0.2) is 49.1 Å². The van der Waals surface area contributed by atoms with Crippen molar-refractivity contribution in [3.05, 3.63) is 29.8 Å². The number of anilines is 1. The highest BCUT2D eigenvalue weighted by molar-refractivity contribution is 5.97. The molecule has 3 N–H and O–H groups in total. The molecule has 1 aromatic carbocycles. The second kappa shape index (κ2) is 7.77. The number of amides is 2. The second-order valence-corrected chi connectivity index (χ2v) is 6.59. The molecule has 0 aromatic heterocycles. The summed E-state index contributed by atoms with van der Waals surface area (Å²) in [5.74, 6) is 0.212. The molecule has 1 aliphatic heterocycles. The van der Waals surface area contributed by atoms with Crippen molar-refractivity contribution in [2.75, 3.05) is 31.6 Å². The van der Waals surface area contributed by atoms with E-state index >= 15 is 0 Å². The van der Waals surface area contributed by atoms with E-state index < -0.39 is 0 Å². The van der Waals surface area contributed by atoms with Gasteiger partial charge in [0.2, 0.25) is 5.91 Å². The molecule has 2 aliphatic rings. The van der Waals surface area contributed by atoms with Crippen molar-refractivity contribution in [3.63, 3.8) is 0 Å². The molecule has 0 radical (unpaired) electrons. The van der Waals surface area contributed by atoms with Crippen LogP contribution < -0.4 is 11.1 Å². The second-order valence-electron chi connectivity index (χ2n) is 6.59. The molecule has 0 spiro atoms. The summed E-state index contributed by atoms with van der Waals surface area (Å²) in [5, 5.41) is 2.90. The summed E-state index contributed by atoms with van der Waals surface area (Å²) in [4.78, 5) is 26.5. The summed E-state index contributed by atoms with van der Waals surface area (Å²) in [6, 6.07) is 7.25. The fraction of sp³-hybridized carbons (Fsp3) is 0.556. The normalized spacial score (nSPS) is 24.0. The van der Waals surface area contributed by atoms with Gasteiger partial charge >= 0.3 is 0 Å². The Bertz CT molecular complexity index is 599. The first kappa shape index (κ1) is 16.9. The van der Waals surface area contributed by atoms with E-state index in [2.05, 4.69) is 5.32 Å². The number of morpholine rings is 1. The van der Waals surface area contributed by atoms with Crippen molar-refractivity contribution < 1.29 is 14.3 Å². The number of rotatable bonds is 4. The van der Waals surface area contributed by atoms with Crippen LogP contribution in [0.1, 0.15) is 36.0 Å². The first-order valence-corrected chi connectivity index (χ1v) is 8.66. The molecule has 1 saturated heterocycles. The molecule has 2 atom stereocenters. The van der Waals surface area contributed by atoms with Crippen molar-refractivity contribution >= 4 is 17.5 Å². The van der Waals surface area contributed by atoms with Gasteiger partial charge in [-0.25, -0.2) is 0 Å². The maximum Gasteiger partial charge on any atom is 0.254 e. The summed E-state index contributed by atoms with van der Waals surface area (Å²) < 4.78 is 5.27. The highest BCUT2D eigenvalue weighted by Gasteiger charge is 2.26. The Morgan fingerprint density at radius 2 is 2.04 bits per heavy atom. The summed E-state index contributed by atoms with van der Waals surface area (Å²) in [7, 11) is 0. The van der Waals surface area contributed by atoms with Gasteiger partial charge in [0, 0.05) is 36.8 Å². The zero-order valence-electron chi connectivity index (χ0n) is 13.9. The Labute approximate surface area is 142 Å². The quantitative estimate of drug-likeness (QED) is 0.878. The van der Waals surface area contributed by atoms with E-state index in [4.69, 9.17) is 10.5 Å². The largest absolute Gasteiger partial charge is 0.378 e. The van der Waals surface area contributed by atoms with E-state index in [1.54, 1.807) is 23.1 Å². The number of benzene rings is 1. The molecular formula is C18H25N3O3. The predicted octanol–water partition coefficient (Wildman–Crippen LogP) is 1.61. The SMILES string of the molecule is N[C@@H]1CCC[C@H]1CC(=O)Nc1cccc(C(=O)N2CCOCC2)c1. The van der Waals surface area contributed by atoms with Gasteiger partial charge in [0.25, 0.3) is 5.91 Å². The molecule has 6 heteroatoms. The number of carbonyl (C=O) groups excluding carboxylic acids is 2. The molecule has 1 aliphatic carbocycles. The minimum atomic E-state index is -0.0340. The molecule has 6 nitrogen and oxygen atoms in total. The third-order valence-electron chi connectivity index (χ3n) is 4.86. The summed E-state index contributed by atoms with van der Waals surface area (Å²) >= 11 is 0. The average Bonchev–Trinajstić information content (AvgIpc) is 3.00. The van der Waals surface area contributed by atoms with Crippen molar-refractivity contribution in [2.24, 2.45) is 11.7 Å². The van der Waals surface area contributed by atoms with Crippen LogP contribution in [0.2, 0.25) is 0 Å². The molecule has 2 amide bonds. The van der Waals surface area contributed by atoms with E-state index in [1.807, 2.05) is 6.07 Å². The third-order valence-corrected chi connectivity index (χ3v) is 4.86. The lowest BCUT2D eigenvalue weighted by Crippen LogP contribution is -2.40. The summed E-state index contributed by atoms with van der Waals surface area (Å²) in [6.07, 6.45) is 3.57. The number of nitrogens with one attached hydrogen (secondary N) is 1. The molecule has 24 heavy (non-hydrogen) atoms. The number of nitrogens with zero attached hydrogens (tertiary/aromatic N) is 1. The molecule has 0 unspecified atom stereocenters. The minimum absolute atomic E-state index is 0.0211. The maximum absolute atomic E-state index is 12.5. The number of carbonyl (C=O) groups is 2. The Kier molecular flexibility index (Phi) is 5.48. The van der Waals surface area contributed by atoms with E-state index in [1.165, 1.54) is 0 Å². The highest BCUT2D eigenvalue weighted by Crippen LogP contribution is 2.27. The lowest BCUT2D eigenvalue weighted by molar-refractivity contribution is -0.117. The Hall–Kier alpha value is -1.92. The van der Waals surface area contributed by atoms with E-state index in [0.717, 1.165) is 19.3 Å². The standard InChI is InChI=1S/C18H25N3O3/c19-16-6-2-3-13(16)12-17(22)20-15-5-1-4-14(11-15)18(23)21-7-9-24-10-8-21/h1,4-5,11,13,16H,2-3,6-10,12,19H2,(H,20,22)/t13-,16+/m0/s1. The van der Waals surface area contributed by atoms with Crippen LogP contribution in [-0.2, 0) is 9.53 Å². The number of nitrogens with two attached hydrogens (primary N) is 1. The van der Waals surface area contributed by atoms with Gasteiger partial charge in [-0.3, -0.25) is 9.59 Å². The van der Waals surface area contributed by atoms with Gasteiger partial charge in [-0.1, -0.05) is 12.5 Å². The number of ether oxygens (including phenoxy) is 1. The molecule has 1 saturated carbocycles. The van der Waals surface area contributed by atoms with Gasteiger partial charge in [0.1, 0.15) is 0 Å². The Morgan fingerprint density at radius 1 is 1.25 bits per heavy atom. The molecule has 2 fully saturated rings. The zero-order valence-corrected chi connectivity index (χ0v) is 13.9.